The van der Waals surface area contributed by atoms with Crippen LogP contribution in [-0.2, 0) is 35.8 Å². The molecule has 48 heavy (non-hydrogen) atoms. The van der Waals surface area contributed by atoms with Gasteiger partial charge in [0.05, 0.1) is 40.4 Å². The molecule has 0 aliphatic rings. The summed E-state index contributed by atoms with van der Waals surface area (Å²) in [7, 11) is 0. The molecule has 5 aromatic rings. The molecule has 251 valence electrons. The van der Waals surface area contributed by atoms with Crippen molar-refractivity contribution in [2.75, 3.05) is 11.1 Å². The van der Waals surface area contributed by atoms with Crippen LogP contribution in [0.2, 0.25) is 0 Å². The molecule has 0 aliphatic carbocycles. The zero-order chi connectivity index (χ0) is 33.3. The van der Waals surface area contributed by atoms with Gasteiger partial charge in [-0.2, -0.15) is 10.2 Å². The van der Waals surface area contributed by atoms with Crippen molar-refractivity contribution in [3.05, 3.63) is 96.1 Å². The number of phenolic OH excluding ortho intramolecular Hbond substituents is 2. The first-order chi connectivity index (χ1) is 22.7. The van der Waals surface area contributed by atoms with E-state index in [9.17, 15) is 15.0 Å². The number of aryl methyl sites for hydroxylation is 1. The third-order valence-corrected chi connectivity index (χ3v) is 7.67. The fraction of sp³-hybridized carbons (Fsp3) is 0.0333. The number of azo groups is 2. The first-order valence-corrected chi connectivity index (χ1v) is 14.8. The van der Waals surface area contributed by atoms with Crippen molar-refractivity contribution in [3.8, 4) is 11.5 Å². The Kier molecular flexibility index (Phi) is 12.8. The summed E-state index contributed by atoms with van der Waals surface area (Å²) in [5, 5.41) is 66.4. The van der Waals surface area contributed by atoms with Crippen LogP contribution in [0, 0.1) is 6.92 Å². The predicted molar refractivity (Wildman–Crippen MR) is 173 cm³/mol. The summed E-state index contributed by atoms with van der Waals surface area (Å²) >= 11 is 1.35. The molecule has 0 unspecified atom stereocenters. The van der Waals surface area contributed by atoms with Crippen LogP contribution in [0.4, 0.5) is 34.1 Å². The Morgan fingerprint density at radius 2 is 1.48 bits per heavy atom. The number of phenols is 2. The van der Waals surface area contributed by atoms with Crippen LogP contribution in [0.1, 0.15) is 15.9 Å². The van der Waals surface area contributed by atoms with E-state index >= 15 is 0 Å². The maximum Gasteiger partial charge on any atom is 0.255 e. The van der Waals surface area contributed by atoms with E-state index < -0.39 is 0 Å². The second-order valence-electron chi connectivity index (χ2n) is 9.56. The van der Waals surface area contributed by atoms with Crippen molar-refractivity contribution in [2.45, 2.75) is 16.7 Å². The molecule has 0 aliphatic heterocycles. The minimum Gasteiger partial charge on any atom is -0.506 e. The number of hydrogen-bond acceptors (Lipinski definition) is 16. The molecule has 0 atom stereocenters. The van der Waals surface area contributed by atoms with E-state index in [0.717, 1.165) is 12.0 Å². The molecule has 5 aromatic carbocycles. The Hall–Kier alpha value is -4.59. The number of aromatic hydroxyl groups is 2. The molecule has 0 saturated carbocycles. The van der Waals surface area contributed by atoms with Crippen molar-refractivity contribution in [2.24, 2.45) is 20.5 Å². The zero-order valence-electron chi connectivity index (χ0n) is 24.4. The number of carbonyl (C=O) groups excluding carboxylic acids is 1. The number of fused-ring (bicyclic) bond motifs is 1. The summed E-state index contributed by atoms with van der Waals surface area (Å²) in [5.41, 5.74) is 8.61. The van der Waals surface area contributed by atoms with Gasteiger partial charge in [-0.25, -0.2) is 10.5 Å². The first kappa shape index (κ1) is 36.2. The average Bonchev–Trinajstić information content (AvgIpc) is 3.07. The van der Waals surface area contributed by atoms with Crippen LogP contribution in [0.3, 0.4) is 0 Å². The largest absolute Gasteiger partial charge is 0.506 e. The van der Waals surface area contributed by atoms with E-state index in [1.54, 1.807) is 79.7 Å². The van der Waals surface area contributed by atoms with Gasteiger partial charge in [-0.15, -0.1) is 18.9 Å². The molecule has 1 radical (unpaired) electrons. The van der Waals surface area contributed by atoms with E-state index in [4.69, 9.17) is 16.2 Å². The zero-order valence-corrected chi connectivity index (χ0v) is 27.0. The summed E-state index contributed by atoms with van der Waals surface area (Å²) in [6.07, 6.45) is 0. The van der Waals surface area contributed by atoms with Gasteiger partial charge in [0.25, 0.3) is 5.91 Å². The summed E-state index contributed by atoms with van der Waals surface area (Å²) in [6, 6.07) is 22.4. The molecule has 7 N–H and O–H groups in total. The summed E-state index contributed by atoms with van der Waals surface area (Å²) in [4.78, 5) is 13.5. The molecule has 0 aromatic heterocycles. The SMILES string of the molecule is Cc1cc(N=Nc2c(SOOO)cc3cc(NC(=O)c4ccc(N)cc4)ccc3c2O)c(O)cc1N=Nc1ccc(SOOO)cc1.[Cu]. The number of rotatable bonds is 12. The van der Waals surface area contributed by atoms with Crippen LogP contribution < -0.4 is 11.1 Å². The number of amides is 1. The maximum absolute atomic E-state index is 12.7. The Morgan fingerprint density at radius 1 is 0.792 bits per heavy atom. The van der Waals surface area contributed by atoms with Gasteiger partial charge in [-0.1, -0.05) is 10.1 Å². The number of hydrogen-bond donors (Lipinski definition) is 6. The van der Waals surface area contributed by atoms with Crippen molar-refractivity contribution < 1.29 is 61.3 Å². The number of nitrogens with two attached hydrogens (primary N) is 1. The molecule has 5 rings (SSSR count). The van der Waals surface area contributed by atoms with Crippen LogP contribution in [0.25, 0.3) is 10.8 Å². The van der Waals surface area contributed by atoms with Crippen molar-refractivity contribution in [3.63, 3.8) is 0 Å². The molecular weight excluding hydrogens is 716 g/mol. The van der Waals surface area contributed by atoms with Crippen LogP contribution >= 0.6 is 24.1 Å². The van der Waals surface area contributed by atoms with Crippen LogP contribution in [0.15, 0.2) is 115 Å². The van der Waals surface area contributed by atoms with E-state index in [1.807, 2.05) is 0 Å². The van der Waals surface area contributed by atoms with Gasteiger partial charge in [-0.3, -0.25) is 4.79 Å². The van der Waals surface area contributed by atoms with Crippen LogP contribution in [0.5, 0.6) is 11.5 Å². The molecule has 0 fully saturated rings. The van der Waals surface area contributed by atoms with Gasteiger partial charge in [0.15, 0.2) is 5.75 Å². The van der Waals surface area contributed by atoms with Gasteiger partial charge in [-0.05, 0) is 96.7 Å². The molecule has 15 nitrogen and oxygen atoms in total. The minimum absolute atomic E-state index is 0. The quantitative estimate of drug-likeness (QED) is 0.0176. The van der Waals surface area contributed by atoms with Crippen molar-refractivity contribution in [1.82, 2.24) is 0 Å². The predicted octanol–water partition coefficient (Wildman–Crippen LogP) is 9.08. The summed E-state index contributed by atoms with van der Waals surface area (Å²) in [5.74, 6) is -0.900. The molecule has 18 heteroatoms. The van der Waals surface area contributed by atoms with Crippen LogP contribution in [-0.4, -0.2) is 26.6 Å². The first-order valence-electron chi connectivity index (χ1n) is 13.3. The van der Waals surface area contributed by atoms with E-state index in [0.29, 0.717) is 61.6 Å². The Bertz CT molecular complexity index is 1970. The number of nitrogens with zero attached hydrogens (tertiary/aromatic N) is 4. The second-order valence-corrected chi connectivity index (χ2v) is 11.1. The molecule has 1 amide bonds. The smallest absolute Gasteiger partial charge is 0.255 e. The Labute approximate surface area is 291 Å². The average molecular weight is 740 g/mol. The third kappa shape index (κ3) is 9.06. The third-order valence-electron chi connectivity index (χ3n) is 6.46. The maximum atomic E-state index is 12.7. The fourth-order valence-electron chi connectivity index (χ4n) is 4.18. The van der Waals surface area contributed by atoms with E-state index in [-0.39, 0.29) is 50.7 Å². The number of nitrogens with one attached hydrogen (secondary N) is 1. The van der Waals surface area contributed by atoms with Gasteiger partial charge in [0.2, 0.25) is 0 Å². The monoisotopic (exact) mass is 739 g/mol. The molecule has 0 bridgehead atoms. The van der Waals surface area contributed by atoms with E-state index in [2.05, 4.69) is 44.5 Å². The standard InChI is InChI=1S/C30H24N6O9S2.Cu/c1-16-12-25(26(37)15-24(16)34-33-20-6-9-22(10-7-20)46-44-42-40)35-36-28-27(47-45-43-41)14-18-13-21(8-11-23(18)29(28)38)32-30(39)17-2-4-19(31)5-3-17;/h2-15,37-38,40-41H,31H2,1H3,(H,32,39);. The normalized spacial score (nSPS) is 11.3. The number of nitrogen functional groups attached to an aromatic ring is 1. The van der Waals surface area contributed by atoms with E-state index in [1.165, 1.54) is 12.1 Å². The summed E-state index contributed by atoms with van der Waals surface area (Å²) < 4.78 is 8.99. The number of carbonyl (C=O) groups is 1. The van der Waals surface area contributed by atoms with Gasteiger partial charge in [0.1, 0.15) is 17.1 Å². The van der Waals surface area contributed by atoms with Gasteiger partial charge in [0, 0.05) is 50.4 Å². The topological polar surface area (TPSA) is 222 Å². The molecule has 0 spiro atoms. The number of benzene rings is 5. The minimum atomic E-state index is -0.359. The Morgan fingerprint density at radius 3 is 2.19 bits per heavy atom. The van der Waals surface area contributed by atoms with Gasteiger partial charge >= 0.3 is 0 Å². The second kappa shape index (κ2) is 17.0. The molecule has 0 heterocycles. The molecular formula is C30H24CuN6O9S2. The summed E-state index contributed by atoms with van der Waals surface area (Å²) in [6.45, 7) is 1.74. The Balaban J connectivity index is 0.00000520. The van der Waals surface area contributed by atoms with Crippen molar-refractivity contribution in [1.29, 1.82) is 0 Å². The van der Waals surface area contributed by atoms with Gasteiger partial charge < -0.3 is 21.3 Å². The molecule has 0 saturated heterocycles. The number of anilines is 2. The fourth-order valence-corrected chi connectivity index (χ4v) is 5.03. The van der Waals surface area contributed by atoms with Crippen molar-refractivity contribution >= 4 is 74.9 Å².